The Balaban J connectivity index is 1.53. The number of fused-ring (bicyclic) bond motifs is 2. The first kappa shape index (κ1) is 19.3. The van der Waals surface area contributed by atoms with Crippen molar-refractivity contribution in [3.63, 3.8) is 0 Å². The highest BCUT2D eigenvalue weighted by atomic mass is 16.7. The molecule has 152 valence electrons. The van der Waals surface area contributed by atoms with Gasteiger partial charge in [-0.3, -0.25) is 4.84 Å². The predicted octanol–water partition coefficient (Wildman–Crippen LogP) is 3.09. The molecule has 2 fully saturated rings. The van der Waals surface area contributed by atoms with Gasteiger partial charge >= 0.3 is 12.0 Å². The van der Waals surface area contributed by atoms with E-state index in [2.05, 4.69) is 0 Å². The van der Waals surface area contributed by atoms with E-state index >= 15 is 0 Å². The zero-order valence-electron chi connectivity index (χ0n) is 16.3. The van der Waals surface area contributed by atoms with Gasteiger partial charge in [-0.1, -0.05) is 42.5 Å². The number of carboxylic acid groups (broad SMARTS) is 1. The molecule has 29 heavy (non-hydrogen) atoms. The maximum Gasteiger partial charge on any atom is 0.345 e. The van der Waals surface area contributed by atoms with Gasteiger partial charge in [-0.05, 0) is 36.1 Å². The van der Waals surface area contributed by atoms with Crippen LogP contribution in [0.1, 0.15) is 24.0 Å². The number of benzene rings is 2. The molecular formula is C22H24N2O5. The Bertz CT molecular complexity index is 886. The third-order valence-corrected chi connectivity index (χ3v) is 5.82. The minimum Gasteiger partial charge on any atom is -0.497 e. The largest absolute Gasteiger partial charge is 0.497 e. The van der Waals surface area contributed by atoms with Gasteiger partial charge in [-0.2, -0.15) is 5.06 Å². The highest BCUT2D eigenvalue weighted by molar-refractivity contribution is 5.88. The van der Waals surface area contributed by atoms with E-state index in [4.69, 9.17) is 9.57 Å². The van der Waals surface area contributed by atoms with E-state index in [9.17, 15) is 14.7 Å². The van der Waals surface area contributed by atoms with Gasteiger partial charge < -0.3 is 14.7 Å². The summed E-state index contributed by atoms with van der Waals surface area (Å²) in [5.41, 5.74) is 0.537. The van der Waals surface area contributed by atoms with Gasteiger partial charge in [0.2, 0.25) is 0 Å². The van der Waals surface area contributed by atoms with E-state index < -0.39 is 11.5 Å². The van der Waals surface area contributed by atoms with Gasteiger partial charge in [0, 0.05) is 13.0 Å². The number of carbonyl (C=O) groups is 2. The molecule has 2 aliphatic heterocycles. The monoisotopic (exact) mass is 396 g/mol. The molecule has 0 unspecified atom stereocenters. The Morgan fingerprint density at radius 2 is 1.86 bits per heavy atom. The van der Waals surface area contributed by atoms with Crippen LogP contribution >= 0.6 is 0 Å². The number of hydroxylamine groups is 2. The van der Waals surface area contributed by atoms with Crippen LogP contribution in [-0.2, 0) is 22.7 Å². The summed E-state index contributed by atoms with van der Waals surface area (Å²) in [5, 5.41) is 11.5. The third kappa shape index (κ3) is 3.53. The molecule has 2 saturated heterocycles. The number of hydrogen-bond donors (Lipinski definition) is 1. The Kier molecular flexibility index (Phi) is 5.15. The number of hydrogen-bond acceptors (Lipinski definition) is 4. The first-order valence-electron chi connectivity index (χ1n) is 9.67. The van der Waals surface area contributed by atoms with Gasteiger partial charge in [-0.25, -0.2) is 9.59 Å². The van der Waals surface area contributed by atoms with Gasteiger partial charge in [-0.15, -0.1) is 0 Å². The van der Waals surface area contributed by atoms with Crippen molar-refractivity contribution in [3.8, 4) is 5.75 Å². The lowest BCUT2D eigenvalue weighted by Crippen LogP contribution is -2.59. The first-order valence-corrected chi connectivity index (χ1v) is 9.67. The lowest BCUT2D eigenvalue weighted by molar-refractivity contribution is -0.151. The summed E-state index contributed by atoms with van der Waals surface area (Å²) < 4.78 is 5.17. The molecule has 0 aromatic heterocycles. The van der Waals surface area contributed by atoms with E-state index in [0.29, 0.717) is 25.1 Å². The fourth-order valence-corrected chi connectivity index (χ4v) is 4.19. The highest BCUT2D eigenvalue weighted by Gasteiger charge is 2.57. The van der Waals surface area contributed by atoms with E-state index in [1.807, 2.05) is 42.5 Å². The lowest BCUT2D eigenvalue weighted by Gasteiger charge is -2.40. The van der Waals surface area contributed by atoms with Gasteiger partial charge in [0.1, 0.15) is 17.9 Å². The fourth-order valence-electron chi connectivity index (χ4n) is 4.19. The maximum atomic E-state index is 13.1. The van der Waals surface area contributed by atoms with Crippen molar-refractivity contribution >= 4 is 12.0 Å². The molecule has 4 rings (SSSR count). The maximum absolute atomic E-state index is 13.1. The molecule has 2 bridgehead atoms. The third-order valence-electron chi connectivity index (χ3n) is 5.82. The zero-order chi connectivity index (χ0) is 20.4. The van der Waals surface area contributed by atoms with Crippen LogP contribution in [0.3, 0.4) is 0 Å². The summed E-state index contributed by atoms with van der Waals surface area (Å²) in [5.74, 6) is -0.274. The molecule has 7 nitrogen and oxygen atoms in total. The SMILES string of the molecule is COc1ccc(C[C@]2(C(=O)O)CC[C@@H]3CN2C(=O)N3OCc2ccccc2)cc1. The summed E-state index contributed by atoms with van der Waals surface area (Å²) in [7, 11) is 1.59. The zero-order valence-corrected chi connectivity index (χ0v) is 16.3. The van der Waals surface area contributed by atoms with Crippen molar-refractivity contribution in [1.29, 1.82) is 0 Å². The van der Waals surface area contributed by atoms with E-state index in [0.717, 1.165) is 11.1 Å². The molecule has 0 spiro atoms. The number of amides is 2. The summed E-state index contributed by atoms with van der Waals surface area (Å²) in [6.45, 7) is 0.631. The van der Waals surface area contributed by atoms with Crippen LogP contribution in [0, 0.1) is 0 Å². The van der Waals surface area contributed by atoms with Gasteiger partial charge in [0.25, 0.3) is 0 Å². The number of carboxylic acids is 1. The van der Waals surface area contributed by atoms with Crippen molar-refractivity contribution < 1.29 is 24.3 Å². The van der Waals surface area contributed by atoms with Crippen LogP contribution in [0.2, 0.25) is 0 Å². The molecule has 2 heterocycles. The second-order valence-corrected chi connectivity index (χ2v) is 7.53. The molecule has 2 atom stereocenters. The van der Waals surface area contributed by atoms with E-state index in [-0.39, 0.29) is 25.1 Å². The van der Waals surface area contributed by atoms with Crippen LogP contribution in [0.25, 0.3) is 0 Å². The standard InChI is InChI=1S/C22H24N2O5/c1-28-19-9-7-16(8-10-19)13-22(20(25)26)12-11-18-14-23(22)21(27)24(18)29-15-17-5-3-2-4-6-17/h2-10,18H,11-15H2,1H3,(H,25,26)/t18-,22+/m1/s1. The average Bonchev–Trinajstić information content (AvgIpc) is 3.01. The topological polar surface area (TPSA) is 79.3 Å². The second-order valence-electron chi connectivity index (χ2n) is 7.53. The molecule has 2 amide bonds. The highest BCUT2D eigenvalue weighted by Crippen LogP contribution is 2.39. The number of ether oxygens (including phenoxy) is 1. The quantitative estimate of drug-likeness (QED) is 0.778. The number of methoxy groups -OCH3 is 1. The minimum atomic E-state index is -1.27. The Morgan fingerprint density at radius 3 is 2.52 bits per heavy atom. The number of rotatable bonds is 7. The van der Waals surface area contributed by atoms with Crippen LogP contribution in [0.15, 0.2) is 54.6 Å². The Morgan fingerprint density at radius 1 is 1.14 bits per heavy atom. The smallest absolute Gasteiger partial charge is 0.345 e. The minimum absolute atomic E-state index is 0.130. The van der Waals surface area contributed by atoms with Gasteiger partial charge in [0.15, 0.2) is 0 Å². The predicted molar refractivity (Wildman–Crippen MR) is 105 cm³/mol. The van der Waals surface area contributed by atoms with Crippen molar-refractivity contribution in [1.82, 2.24) is 9.96 Å². The van der Waals surface area contributed by atoms with Crippen molar-refractivity contribution in [2.75, 3.05) is 13.7 Å². The molecule has 0 aliphatic carbocycles. The average molecular weight is 396 g/mol. The Labute approximate surface area is 169 Å². The summed E-state index contributed by atoms with van der Waals surface area (Å²) in [4.78, 5) is 32.7. The number of aliphatic carboxylic acids is 1. The van der Waals surface area contributed by atoms with Crippen molar-refractivity contribution in [2.24, 2.45) is 0 Å². The van der Waals surface area contributed by atoms with Crippen LogP contribution in [0.5, 0.6) is 5.75 Å². The summed E-state index contributed by atoms with van der Waals surface area (Å²) in [6.07, 6.45) is 1.22. The number of urea groups is 1. The van der Waals surface area contributed by atoms with E-state index in [1.54, 1.807) is 19.2 Å². The fraction of sp³-hybridized carbons (Fsp3) is 0.364. The summed E-state index contributed by atoms with van der Waals surface area (Å²) >= 11 is 0. The second kappa shape index (κ2) is 7.75. The Hall–Kier alpha value is -3.06. The molecular weight excluding hydrogens is 372 g/mol. The lowest BCUT2D eigenvalue weighted by atomic mass is 9.81. The molecule has 0 saturated carbocycles. The molecule has 2 aromatic carbocycles. The molecule has 1 N–H and O–H groups in total. The van der Waals surface area contributed by atoms with Crippen LogP contribution in [0.4, 0.5) is 4.79 Å². The molecule has 0 radical (unpaired) electrons. The van der Waals surface area contributed by atoms with Crippen LogP contribution < -0.4 is 4.74 Å². The van der Waals surface area contributed by atoms with Crippen LogP contribution in [-0.4, -0.2) is 52.3 Å². The molecule has 7 heteroatoms. The van der Waals surface area contributed by atoms with Gasteiger partial charge in [0.05, 0.1) is 13.2 Å². The van der Waals surface area contributed by atoms with E-state index in [1.165, 1.54) is 9.96 Å². The number of nitrogens with zero attached hydrogens (tertiary/aromatic N) is 2. The first-order chi connectivity index (χ1) is 14.0. The number of carbonyl (C=O) groups excluding carboxylic acids is 1. The molecule has 2 aliphatic rings. The molecule has 2 aromatic rings. The van der Waals surface area contributed by atoms with Crippen molar-refractivity contribution in [3.05, 3.63) is 65.7 Å². The normalized spacial score (nSPS) is 23.3. The number of piperidine rings is 1. The van der Waals surface area contributed by atoms with Crippen molar-refractivity contribution in [2.45, 2.75) is 37.5 Å². The summed E-state index contributed by atoms with van der Waals surface area (Å²) in [6, 6.07) is 16.4.